The van der Waals surface area contributed by atoms with Gasteiger partial charge in [-0.15, -0.1) is 0 Å². The highest BCUT2D eigenvalue weighted by Crippen LogP contribution is 2.22. The lowest BCUT2D eigenvalue weighted by molar-refractivity contribution is 0.0450. The van der Waals surface area contributed by atoms with Crippen molar-refractivity contribution in [3.8, 4) is 0 Å². The molecule has 3 nitrogen and oxygen atoms in total. The summed E-state index contributed by atoms with van der Waals surface area (Å²) in [5.74, 6) is 0.435. The highest BCUT2D eigenvalue weighted by Gasteiger charge is 2.24. The lowest BCUT2D eigenvalue weighted by Gasteiger charge is -2.33. The number of benzene rings is 1. The average molecular weight is 248 g/mol. The van der Waals surface area contributed by atoms with Gasteiger partial charge in [0.1, 0.15) is 0 Å². The Morgan fingerprint density at radius 3 is 2.83 bits per heavy atom. The summed E-state index contributed by atoms with van der Waals surface area (Å²) in [6.07, 6.45) is 0.978. The van der Waals surface area contributed by atoms with Crippen molar-refractivity contribution in [2.75, 3.05) is 31.7 Å². The first-order chi connectivity index (χ1) is 8.58. The van der Waals surface area contributed by atoms with Gasteiger partial charge in [0.2, 0.25) is 0 Å². The van der Waals surface area contributed by atoms with Crippen LogP contribution in [0.25, 0.3) is 0 Å². The van der Waals surface area contributed by atoms with Gasteiger partial charge in [-0.3, -0.25) is 0 Å². The van der Waals surface area contributed by atoms with E-state index in [1.165, 1.54) is 16.8 Å². The highest BCUT2D eigenvalue weighted by molar-refractivity contribution is 5.53. The number of anilines is 1. The van der Waals surface area contributed by atoms with Crippen LogP contribution in [0.1, 0.15) is 17.5 Å². The Hall–Kier alpha value is -1.06. The molecule has 1 heterocycles. The zero-order chi connectivity index (χ0) is 13.1. The van der Waals surface area contributed by atoms with Crippen LogP contribution in [0.15, 0.2) is 18.2 Å². The van der Waals surface area contributed by atoms with Crippen molar-refractivity contribution >= 4 is 5.69 Å². The van der Waals surface area contributed by atoms with E-state index in [-0.39, 0.29) is 6.04 Å². The first-order valence-corrected chi connectivity index (χ1v) is 6.69. The van der Waals surface area contributed by atoms with Gasteiger partial charge in [0, 0.05) is 37.8 Å². The maximum atomic E-state index is 6.16. The molecule has 2 atom stereocenters. The summed E-state index contributed by atoms with van der Waals surface area (Å²) < 4.78 is 5.53. The van der Waals surface area contributed by atoms with Crippen LogP contribution in [-0.4, -0.2) is 32.8 Å². The van der Waals surface area contributed by atoms with Crippen molar-refractivity contribution in [2.24, 2.45) is 11.7 Å². The summed E-state index contributed by atoms with van der Waals surface area (Å²) in [6, 6.07) is 6.85. The molecule has 2 N–H and O–H groups in total. The summed E-state index contributed by atoms with van der Waals surface area (Å²) in [5, 5.41) is 0. The molecule has 2 unspecified atom stereocenters. The summed E-state index contributed by atoms with van der Waals surface area (Å²) >= 11 is 0. The van der Waals surface area contributed by atoms with E-state index in [1.54, 1.807) is 0 Å². The topological polar surface area (TPSA) is 38.5 Å². The van der Waals surface area contributed by atoms with Crippen molar-refractivity contribution in [3.63, 3.8) is 0 Å². The van der Waals surface area contributed by atoms with E-state index in [0.29, 0.717) is 5.92 Å². The highest BCUT2D eigenvalue weighted by atomic mass is 16.5. The smallest absolute Gasteiger partial charge is 0.0526 e. The van der Waals surface area contributed by atoms with Gasteiger partial charge in [-0.1, -0.05) is 17.7 Å². The summed E-state index contributed by atoms with van der Waals surface area (Å²) in [5.41, 5.74) is 10.1. The second-order valence-corrected chi connectivity index (χ2v) is 5.46. The number of rotatable bonds is 3. The molecule has 0 radical (unpaired) electrons. The Morgan fingerprint density at radius 2 is 2.17 bits per heavy atom. The summed E-state index contributed by atoms with van der Waals surface area (Å²) in [6.45, 7) is 6.85. The quantitative estimate of drug-likeness (QED) is 0.890. The van der Waals surface area contributed by atoms with Crippen LogP contribution in [-0.2, 0) is 4.74 Å². The third-order valence-corrected chi connectivity index (χ3v) is 3.80. The molecule has 2 rings (SSSR count). The molecule has 1 aliphatic rings. The van der Waals surface area contributed by atoms with Gasteiger partial charge >= 0.3 is 0 Å². The molecule has 0 amide bonds. The van der Waals surface area contributed by atoms with E-state index in [4.69, 9.17) is 10.5 Å². The van der Waals surface area contributed by atoms with Crippen LogP contribution in [0, 0.1) is 19.8 Å². The molecule has 1 aromatic carbocycles. The van der Waals surface area contributed by atoms with Gasteiger partial charge in [-0.25, -0.2) is 0 Å². The van der Waals surface area contributed by atoms with Gasteiger partial charge in [-0.05, 0) is 31.9 Å². The molecular formula is C15H24N2O. The minimum atomic E-state index is 0.270. The minimum Gasteiger partial charge on any atom is -0.381 e. The first kappa shape index (κ1) is 13.4. The van der Waals surface area contributed by atoms with Crippen molar-refractivity contribution < 1.29 is 4.74 Å². The Labute approximate surface area is 110 Å². The number of hydrogen-bond donors (Lipinski definition) is 1. The SMILES string of the molecule is Cc1ccc(N(C)CC2COCCC2N)c(C)c1. The molecule has 1 fully saturated rings. The maximum absolute atomic E-state index is 6.16. The first-order valence-electron chi connectivity index (χ1n) is 6.69. The predicted octanol–water partition coefficient (Wildman–Crippen LogP) is 2.10. The number of aryl methyl sites for hydroxylation is 2. The number of nitrogens with two attached hydrogens (primary N) is 1. The molecule has 100 valence electrons. The molecule has 1 aliphatic heterocycles. The van der Waals surface area contributed by atoms with Gasteiger partial charge in [0.25, 0.3) is 0 Å². The number of nitrogens with zero attached hydrogens (tertiary/aromatic N) is 1. The monoisotopic (exact) mass is 248 g/mol. The second-order valence-electron chi connectivity index (χ2n) is 5.46. The van der Waals surface area contributed by atoms with E-state index >= 15 is 0 Å². The van der Waals surface area contributed by atoms with Crippen molar-refractivity contribution in [3.05, 3.63) is 29.3 Å². The zero-order valence-electron chi connectivity index (χ0n) is 11.6. The fourth-order valence-electron chi connectivity index (χ4n) is 2.69. The van der Waals surface area contributed by atoms with Crippen LogP contribution >= 0.6 is 0 Å². The third kappa shape index (κ3) is 3.03. The molecule has 0 bridgehead atoms. The Balaban J connectivity index is 2.04. The molecule has 3 heteroatoms. The summed E-state index contributed by atoms with van der Waals surface area (Å²) in [7, 11) is 2.14. The molecule has 0 saturated carbocycles. The van der Waals surface area contributed by atoms with E-state index in [1.807, 2.05) is 0 Å². The normalized spacial score (nSPS) is 24.0. The van der Waals surface area contributed by atoms with Gasteiger partial charge in [0.15, 0.2) is 0 Å². The molecule has 1 saturated heterocycles. The van der Waals surface area contributed by atoms with Crippen LogP contribution in [0.3, 0.4) is 0 Å². The number of ether oxygens (including phenoxy) is 1. The van der Waals surface area contributed by atoms with Crippen molar-refractivity contribution in [2.45, 2.75) is 26.3 Å². The van der Waals surface area contributed by atoms with E-state index < -0.39 is 0 Å². The zero-order valence-corrected chi connectivity index (χ0v) is 11.6. The largest absolute Gasteiger partial charge is 0.381 e. The van der Waals surface area contributed by atoms with Crippen molar-refractivity contribution in [1.82, 2.24) is 0 Å². The predicted molar refractivity (Wildman–Crippen MR) is 76.1 cm³/mol. The van der Waals surface area contributed by atoms with Crippen LogP contribution in [0.5, 0.6) is 0 Å². The van der Waals surface area contributed by atoms with E-state index in [2.05, 4.69) is 44.0 Å². The lowest BCUT2D eigenvalue weighted by atomic mass is 9.96. The van der Waals surface area contributed by atoms with Gasteiger partial charge in [-0.2, -0.15) is 0 Å². The summed E-state index contributed by atoms with van der Waals surface area (Å²) in [4.78, 5) is 2.30. The maximum Gasteiger partial charge on any atom is 0.0526 e. The van der Waals surface area contributed by atoms with Crippen LogP contribution in [0.4, 0.5) is 5.69 Å². The van der Waals surface area contributed by atoms with E-state index in [9.17, 15) is 0 Å². The number of hydrogen-bond acceptors (Lipinski definition) is 3. The lowest BCUT2D eigenvalue weighted by Crippen LogP contribution is -2.44. The Bertz CT molecular complexity index is 405. The minimum absolute atomic E-state index is 0.270. The van der Waals surface area contributed by atoms with Crippen LogP contribution in [0.2, 0.25) is 0 Å². The molecule has 0 aliphatic carbocycles. The van der Waals surface area contributed by atoms with Crippen molar-refractivity contribution in [1.29, 1.82) is 0 Å². The second kappa shape index (κ2) is 5.72. The molecule has 0 spiro atoms. The fraction of sp³-hybridized carbons (Fsp3) is 0.600. The fourth-order valence-corrected chi connectivity index (χ4v) is 2.69. The average Bonchev–Trinajstić information content (AvgIpc) is 2.32. The Morgan fingerprint density at radius 1 is 1.39 bits per heavy atom. The van der Waals surface area contributed by atoms with Gasteiger partial charge in [0.05, 0.1) is 6.61 Å². The molecular weight excluding hydrogens is 224 g/mol. The van der Waals surface area contributed by atoms with E-state index in [0.717, 1.165) is 26.2 Å². The standard InChI is InChI=1S/C15H24N2O/c1-11-4-5-15(12(2)8-11)17(3)9-13-10-18-7-6-14(13)16/h4-5,8,13-14H,6-7,9-10,16H2,1-3H3. The Kier molecular flexibility index (Phi) is 4.25. The molecule has 1 aromatic rings. The third-order valence-electron chi connectivity index (χ3n) is 3.80. The van der Waals surface area contributed by atoms with Gasteiger partial charge < -0.3 is 15.4 Å². The molecule has 18 heavy (non-hydrogen) atoms. The molecule has 0 aromatic heterocycles. The van der Waals surface area contributed by atoms with Crippen LogP contribution < -0.4 is 10.6 Å².